The maximum Gasteiger partial charge on any atom is 0.263 e. The average Bonchev–Trinajstić information content (AvgIpc) is 3.27. The number of fused-ring (bicyclic) bond motifs is 1. The molecule has 2 aliphatic rings. The highest BCUT2D eigenvalue weighted by molar-refractivity contribution is 6.33. The van der Waals surface area contributed by atoms with E-state index in [0.717, 1.165) is 10.5 Å². The predicted molar refractivity (Wildman–Crippen MR) is 108 cm³/mol. The minimum absolute atomic E-state index is 0.187. The molecule has 9 nitrogen and oxygen atoms in total. The highest BCUT2D eigenvalue weighted by Crippen LogP contribution is 2.35. The molecule has 2 atom stereocenters. The first-order valence-electron chi connectivity index (χ1n) is 9.19. The average molecular weight is 428 g/mol. The molecule has 0 saturated carbocycles. The summed E-state index contributed by atoms with van der Waals surface area (Å²) in [4.78, 5) is 39.1. The molecule has 0 aromatic heterocycles. The number of benzene rings is 2. The standard InChI is InChI=1S/C20H18ClN5O4/c1-30-15-8-7-13(9-14(15)21)26-19(28)17-18(20(26)29)25(24-23-17)11-16(27)22-10-12-5-3-2-4-6-12/h2-9,17-18H,10-11H2,1H3,(H,22,27)/t17-,18+/m1/s1. The van der Waals surface area contributed by atoms with Crippen LogP contribution in [-0.4, -0.2) is 48.5 Å². The topological polar surface area (TPSA) is 104 Å². The van der Waals surface area contributed by atoms with Crippen molar-refractivity contribution in [3.8, 4) is 5.75 Å². The Hall–Kier alpha value is -3.46. The summed E-state index contributed by atoms with van der Waals surface area (Å²) < 4.78 is 5.10. The molecule has 30 heavy (non-hydrogen) atoms. The molecule has 3 amide bonds. The molecule has 1 fully saturated rings. The first-order chi connectivity index (χ1) is 14.5. The molecular weight excluding hydrogens is 410 g/mol. The second-order valence-corrected chi connectivity index (χ2v) is 7.19. The first kappa shape index (κ1) is 19.8. The van der Waals surface area contributed by atoms with E-state index in [-0.39, 0.29) is 17.5 Å². The third-order valence-electron chi connectivity index (χ3n) is 4.89. The van der Waals surface area contributed by atoms with Gasteiger partial charge in [-0.1, -0.05) is 47.2 Å². The van der Waals surface area contributed by atoms with Crippen LogP contribution in [0.15, 0.2) is 58.9 Å². The lowest BCUT2D eigenvalue weighted by molar-refractivity contribution is -0.125. The number of halogens is 1. The number of hydrogen-bond donors (Lipinski definition) is 1. The SMILES string of the molecule is COc1ccc(N2C(=O)[C@@H]3[C@@H](N=NN3CC(=O)NCc3ccccc3)C2=O)cc1Cl. The molecule has 4 rings (SSSR count). The summed E-state index contributed by atoms with van der Waals surface area (Å²) in [6, 6.07) is 12.1. The van der Waals surface area contributed by atoms with Gasteiger partial charge in [-0.05, 0) is 23.8 Å². The van der Waals surface area contributed by atoms with Gasteiger partial charge in [0.1, 0.15) is 12.3 Å². The molecule has 2 heterocycles. The molecule has 0 aliphatic carbocycles. The molecular formula is C20H18ClN5O4. The van der Waals surface area contributed by atoms with E-state index in [1.54, 1.807) is 12.1 Å². The predicted octanol–water partition coefficient (Wildman–Crippen LogP) is 1.96. The van der Waals surface area contributed by atoms with E-state index in [0.29, 0.717) is 18.0 Å². The van der Waals surface area contributed by atoms with E-state index in [4.69, 9.17) is 16.3 Å². The molecule has 1 saturated heterocycles. The van der Waals surface area contributed by atoms with Gasteiger partial charge in [0, 0.05) is 6.54 Å². The molecule has 0 radical (unpaired) electrons. The number of methoxy groups -OCH3 is 1. The van der Waals surface area contributed by atoms with Crippen molar-refractivity contribution in [3.05, 3.63) is 59.1 Å². The van der Waals surface area contributed by atoms with Crippen LogP contribution < -0.4 is 15.0 Å². The fourth-order valence-corrected chi connectivity index (χ4v) is 3.65. The normalized spacial score (nSPS) is 19.9. The minimum Gasteiger partial charge on any atom is -0.495 e. The highest BCUT2D eigenvalue weighted by Gasteiger charge is 2.55. The number of anilines is 1. The van der Waals surface area contributed by atoms with Crippen molar-refractivity contribution in [1.29, 1.82) is 0 Å². The molecule has 0 unspecified atom stereocenters. The molecule has 10 heteroatoms. The van der Waals surface area contributed by atoms with E-state index in [1.165, 1.54) is 18.2 Å². The fourth-order valence-electron chi connectivity index (χ4n) is 3.40. The Morgan fingerprint density at radius 1 is 1.17 bits per heavy atom. The van der Waals surface area contributed by atoms with Crippen LogP contribution >= 0.6 is 11.6 Å². The van der Waals surface area contributed by atoms with Crippen LogP contribution in [0.3, 0.4) is 0 Å². The van der Waals surface area contributed by atoms with Crippen molar-refractivity contribution < 1.29 is 19.1 Å². The van der Waals surface area contributed by atoms with Gasteiger partial charge in [-0.3, -0.25) is 19.4 Å². The van der Waals surface area contributed by atoms with E-state index in [9.17, 15) is 14.4 Å². The van der Waals surface area contributed by atoms with Crippen LogP contribution in [0.25, 0.3) is 0 Å². The van der Waals surface area contributed by atoms with Crippen molar-refractivity contribution >= 4 is 35.0 Å². The van der Waals surface area contributed by atoms with Gasteiger partial charge in [0.15, 0.2) is 12.1 Å². The zero-order valence-corrected chi connectivity index (χ0v) is 16.7. The Balaban J connectivity index is 1.45. The summed E-state index contributed by atoms with van der Waals surface area (Å²) >= 11 is 6.13. The summed E-state index contributed by atoms with van der Waals surface area (Å²) in [6.45, 7) is 0.163. The third-order valence-corrected chi connectivity index (χ3v) is 5.18. The summed E-state index contributed by atoms with van der Waals surface area (Å²) in [7, 11) is 1.47. The van der Waals surface area contributed by atoms with Gasteiger partial charge in [-0.25, -0.2) is 4.90 Å². The number of rotatable bonds is 6. The van der Waals surface area contributed by atoms with Crippen LogP contribution in [0.2, 0.25) is 5.02 Å². The van der Waals surface area contributed by atoms with Crippen LogP contribution in [-0.2, 0) is 20.9 Å². The lowest BCUT2D eigenvalue weighted by atomic mass is 10.1. The smallest absolute Gasteiger partial charge is 0.263 e. The molecule has 0 bridgehead atoms. The van der Waals surface area contributed by atoms with Gasteiger partial charge in [0.05, 0.1) is 17.8 Å². The Kier molecular flexibility index (Phi) is 5.37. The first-order valence-corrected chi connectivity index (χ1v) is 9.57. The number of imide groups is 1. The minimum atomic E-state index is -0.986. The number of hydrogen-bond acceptors (Lipinski definition) is 7. The number of nitrogens with one attached hydrogen (secondary N) is 1. The van der Waals surface area contributed by atoms with Crippen molar-refractivity contribution in [2.75, 3.05) is 18.6 Å². The molecule has 2 aromatic rings. The number of amides is 3. The van der Waals surface area contributed by atoms with Crippen molar-refractivity contribution in [3.63, 3.8) is 0 Å². The second kappa shape index (κ2) is 8.11. The maximum atomic E-state index is 13.0. The lowest BCUT2D eigenvalue weighted by Gasteiger charge is -2.20. The van der Waals surface area contributed by atoms with Gasteiger partial charge in [-0.15, -0.1) is 0 Å². The fraction of sp³-hybridized carbons (Fsp3) is 0.250. The van der Waals surface area contributed by atoms with Crippen molar-refractivity contribution in [1.82, 2.24) is 10.3 Å². The molecule has 1 N–H and O–H groups in total. The van der Waals surface area contributed by atoms with Crippen molar-refractivity contribution in [2.24, 2.45) is 10.3 Å². The number of ether oxygens (including phenoxy) is 1. The van der Waals surface area contributed by atoms with E-state index in [1.807, 2.05) is 30.3 Å². The van der Waals surface area contributed by atoms with Gasteiger partial charge >= 0.3 is 0 Å². The third kappa shape index (κ3) is 3.59. The Labute approximate surface area is 177 Å². The van der Waals surface area contributed by atoms with E-state index in [2.05, 4.69) is 15.7 Å². The Bertz CT molecular complexity index is 1030. The highest BCUT2D eigenvalue weighted by atomic mass is 35.5. The van der Waals surface area contributed by atoms with E-state index >= 15 is 0 Å². The number of carbonyl (C=O) groups excluding carboxylic acids is 3. The van der Waals surface area contributed by atoms with Crippen LogP contribution in [0.4, 0.5) is 5.69 Å². The van der Waals surface area contributed by atoms with Gasteiger partial charge < -0.3 is 10.1 Å². The Morgan fingerprint density at radius 3 is 2.63 bits per heavy atom. The quantitative estimate of drug-likeness (QED) is 0.710. The summed E-state index contributed by atoms with van der Waals surface area (Å²) in [6.07, 6.45) is 0. The van der Waals surface area contributed by atoms with Gasteiger partial charge in [0.2, 0.25) is 5.91 Å². The van der Waals surface area contributed by atoms with Crippen LogP contribution in [0, 0.1) is 0 Å². The van der Waals surface area contributed by atoms with Gasteiger partial charge in [-0.2, -0.15) is 5.11 Å². The van der Waals surface area contributed by atoms with Gasteiger partial charge in [0.25, 0.3) is 11.8 Å². The summed E-state index contributed by atoms with van der Waals surface area (Å²) in [5.74, 6) is -0.921. The lowest BCUT2D eigenvalue weighted by Crippen LogP contribution is -2.44. The monoisotopic (exact) mass is 427 g/mol. The molecule has 0 spiro atoms. The maximum absolute atomic E-state index is 13.0. The Morgan fingerprint density at radius 2 is 1.93 bits per heavy atom. The summed E-state index contributed by atoms with van der Waals surface area (Å²) in [5, 5.41) is 12.1. The molecule has 2 aromatic carbocycles. The van der Waals surface area contributed by atoms with E-state index < -0.39 is 23.9 Å². The molecule has 154 valence electrons. The van der Waals surface area contributed by atoms with Crippen molar-refractivity contribution in [2.45, 2.75) is 18.6 Å². The van der Waals surface area contributed by atoms with Crippen LogP contribution in [0.1, 0.15) is 5.56 Å². The largest absolute Gasteiger partial charge is 0.495 e. The number of nitrogens with zero attached hydrogens (tertiary/aromatic N) is 4. The summed E-state index contributed by atoms with van der Waals surface area (Å²) in [5.41, 5.74) is 1.26. The zero-order valence-electron chi connectivity index (χ0n) is 16.0. The molecule has 2 aliphatic heterocycles. The number of carbonyl (C=O) groups is 3. The zero-order chi connectivity index (χ0) is 21.3. The van der Waals surface area contributed by atoms with Crippen LogP contribution in [0.5, 0.6) is 5.75 Å². The second-order valence-electron chi connectivity index (χ2n) is 6.79.